The first-order valence-electron chi connectivity index (χ1n) is 9.42. The second-order valence-corrected chi connectivity index (χ2v) is 7.87. The van der Waals surface area contributed by atoms with E-state index in [9.17, 15) is 9.59 Å². The highest BCUT2D eigenvalue weighted by atomic mass is 35.5. The van der Waals surface area contributed by atoms with Crippen LogP contribution < -0.4 is 10.6 Å². The van der Waals surface area contributed by atoms with Gasteiger partial charge in [0.15, 0.2) is 11.0 Å². The van der Waals surface area contributed by atoms with Crippen LogP contribution >= 0.6 is 23.4 Å². The average Bonchev–Trinajstić information content (AvgIpc) is 3.15. The summed E-state index contributed by atoms with van der Waals surface area (Å²) in [6, 6.07) is 14.3. The Morgan fingerprint density at radius 3 is 2.63 bits per heavy atom. The molecule has 0 unspecified atom stereocenters. The molecule has 0 aliphatic rings. The smallest absolute Gasteiger partial charge is 0.251 e. The maximum atomic E-state index is 12.3. The van der Waals surface area contributed by atoms with Crippen molar-refractivity contribution >= 4 is 40.9 Å². The minimum Gasteiger partial charge on any atom is -0.345 e. The average molecular weight is 444 g/mol. The molecule has 2 N–H and O–H groups in total. The van der Waals surface area contributed by atoms with Crippen molar-refractivity contribution in [1.82, 2.24) is 20.1 Å². The van der Waals surface area contributed by atoms with E-state index in [1.165, 1.54) is 11.8 Å². The molecule has 3 aromatic rings. The van der Waals surface area contributed by atoms with Crippen LogP contribution in [0.2, 0.25) is 5.02 Å². The zero-order valence-corrected chi connectivity index (χ0v) is 18.3. The van der Waals surface area contributed by atoms with Gasteiger partial charge in [-0.1, -0.05) is 47.6 Å². The number of rotatable bonds is 8. The van der Waals surface area contributed by atoms with E-state index in [2.05, 4.69) is 20.8 Å². The van der Waals surface area contributed by atoms with Gasteiger partial charge in [-0.15, -0.1) is 10.2 Å². The molecule has 0 aliphatic heterocycles. The zero-order valence-electron chi connectivity index (χ0n) is 16.7. The Morgan fingerprint density at radius 2 is 1.90 bits per heavy atom. The van der Waals surface area contributed by atoms with E-state index >= 15 is 0 Å². The molecule has 2 amide bonds. The third kappa shape index (κ3) is 5.61. The monoisotopic (exact) mass is 443 g/mol. The number of nitrogens with one attached hydrogen (secondary N) is 2. The van der Waals surface area contributed by atoms with Crippen molar-refractivity contribution in [3.8, 4) is 0 Å². The van der Waals surface area contributed by atoms with Gasteiger partial charge >= 0.3 is 0 Å². The number of aromatic nitrogens is 3. The Morgan fingerprint density at radius 1 is 1.13 bits per heavy atom. The van der Waals surface area contributed by atoms with Gasteiger partial charge in [0.2, 0.25) is 5.91 Å². The molecule has 0 radical (unpaired) electrons. The van der Waals surface area contributed by atoms with E-state index < -0.39 is 0 Å². The summed E-state index contributed by atoms with van der Waals surface area (Å²) in [5.41, 5.74) is 2.21. The summed E-state index contributed by atoms with van der Waals surface area (Å²) < 4.78 is 1.88. The van der Waals surface area contributed by atoms with Crippen molar-refractivity contribution < 1.29 is 9.59 Å². The summed E-state index contributed by atoms with van der Waals surface area (Å²) in [5.74, 6) is 0.484. The fourth-order valence-corrected chi connectivity index (χ4v) is 3.76. The van der Waals surface area contributed by atoms with Crippen LogP contribution in [0.25, 0.3) is 0 Å². The van der Waals surface area contributed by atoms with Gasteiger partial charge in [0, 0.05) is 22.8 Å². The van der Waals surface area contributed by atoms with E-state index in [1.54, 1.807) is 24.3 Å². The normalized spacial score (nSPS) is 10.6. The first-order chi connectivity index (χ1) is 14.5. The lowest BCUT2D eigenvalue weighted by Gasteiger charge is -2.10. The van der Waals surface area contributed by atoms with Crippen LogP contribution in [0.3, 0.4) is 0 Å². The van der Waals surface area contributed by atoms with Crippen molar-refractivity contribution in [2.45, 2.75) is 32.1 Å². The van der Waals surface area contributed by atoms with Crippen molar-refractivity contribution in [2.75, 3.05) is 11.1 Å². The summed E-state index contributed by atoms with van der Waals surface area (Å²) in [7, 11) is 0. The predicted molar refractivity (Wildman–Crippen MR) is 119 cm³/mol. The van der Waals surface area contributed by atoms with E-state index in [4.69, 9.17) is 11.6 Å². The number of carbonyl (C=O) groups excluding carboxylic acids is 2. The van der Waals surface area contributed by atoms with Crippen LogP contribution in [0.5, 0.6) is 0 Å². The summed E-state index contributed by atoms with van der Waals surface area (Å²) >= 11 is 7.29. The molecule has 0 spiro atoms. The Bertz CT molecular complexity index is 1040. The van der Waals surface area contributed by atoms with Gasteiger partial charge in [0.05, 0.1) is 12.3 Å². The quantitative estimate of drug-likeness (QED) is 0.515. The number of amides is 2. The molecule has 2 aromatic carbocycles. The topological polar surface area (TPSA) is 88.9 Å². The van der Waals surface area contributed by atoms with Crippen molar-refractivity contribution in [1.29, 1.82) is 0 Å². The van der Waals surface area contributed by atoms with Gasteiger partial charge in [0.25, 0.3) is 5.91 Å². The third-order valence-corrected chi connectivity index (χ3v) is 5.56. The number of halogens is 1. The molecule has 1 heterocycles. The summed E-state index contributed by atoms with van der Waals surface area (Å²) in [6.07, 6.45) is 0. The van der Waals surface area contributed by atoms with E-state index in [1.807, 2.05) is 42.7 Å². The summed E-state index contributed by atoms with van der Waals surface area (Å²) in [4.78, 5) is 24.6. The van der Waals surface area contributed by atoms with Crippen molar-refractivity contribution in [2.24, 2.45) is 0 Å². The number of benzene rings is 2. The van der Waals surface area contributed by atoms with Gasteiger partial charge in [-0.05, 0) is 43.7 Å². The molecule has 0 saturated carbocycles. The molecule has 156 valence electrons. The SMILES string of the molecule is CCn1c(CNC(=O)c2ccccc2)nnc1SCC(=O)Nc1cc(Cl)ccc1C. The van der Waals surface area contributed by atoms with Gasteiger partial charge < -0.3 is 15.2 Å². The molecular weight excluding hydrogens is 422 g/mol. The van der Waals surface area contributed by atoms with Crippen LogP contribution in [0, 0.1) is 6.92 Å². The Labute approximate surface area is 184 Å². The number of thioether (sulfide) groups is 1. The van der Waals surface area contributed by atoms with Crippen LogP contribution in [0.4, 0.5) is 5.69 Å². The number of anilines is 1. The highest BCUT2D eigenvalue weighted by Gasteiger charge is 2.15. The Hall–Kier alpha value is -2.84. The van der Waals surface area contributed by atoms with Gasteiger partial charge in [-0.25, -0.2) is 0 Å². The summed E-state index contributed by atoms with van der Waals surface area (Å²) in [5, 5.41) is 15.2. The van der Waals surface area contributed by atoms with E-state index in [0.29, 0.717) is 33.8 Å². The van der Waals surface area contributed by atoms with Crippen LogP contribution in [0.1, 0.15) is 28.7 Å². The molecular formula is C21H22ClN5O2S. The third-order valence-electron chi connectivity index (χ3n) is 4.36. The molecule has 0 bridgehead atoms. The second-order valence-electron chi connectivity index (χ2n) is 6.49. The molecule has 9 heteroatoms. The standard InChI is InChI=1S/C21H22ClN5O2S/c1-3-27-18(12-23-20(29)15-7-5-4-6-8-15)25-26-21(27)30-13-19(28)24-17-11-16(22)10-9-14(17)2/h4-11H,3,12-13H2,1-2H3,(H,23,29)(H,24,28). The number of carbonyl (C=O) groups is 2. The molecule has 30 heavy (non-hydrogen) atoms. The lowest BCUT2D eigenvalue weighted by molar-refractivity contribution is -0.113. The van der Waals surface area contributed by atoms with Gasteiger partial charge in [0.1, 0.15) is 0 Å². The first-order valence-corrected chi connectivity index (χ1v) is 10.8. The highest BCUT2D eigenvalue weighted by molar-refractivity contribution is 7.99. The molecule has 3 rings (SSSR count). The lowest BCUT2D eigenvalue weighted by Crippen LogP contribution is -2.24. The maximum Gasteiger partial charge on any atom is 0.251 e. The van der Waals surface area contributed by atoms with E-state index in [-0.39, 0.29) is 24.1 Å². The molecule has 0 fully saturated rings. The molecule has 0 aliphatic carbocycles. The molecule has 1 aromatic heterocycles. The first kappa shape index (κ1) is 21.9. The van der Waals surface area contributed by atoms with Crippen LogP contribution in [-0.2, 0) is 17.9 Å². The number of aryl methyl sites for hydroxylation is 1. The summed E-state index contributed by atoms with van der Waals surface area (Å²) in [6.45, 7) is 4.75. The Kier molecular flexibility index (Phi) is 7.48. The largest absolute Gasteiger partial charge is 0.345 e. The number of nitrogens with zero attached hydrogens (tertiary/aromatic N) is 3. The minimum absolute atomic E-state index is 0.157. The maximum absolute atomic E-state index is 12.3. The van der Waals surface area contributed by atoms with Crippen molar-refractivity contribution in [3.05, 3.63) is 70.5 Å². The predicted octanol–water partition coefficient (Wildman–Crippen LogP) is 3.92. The lowest BCUT2D eigenvalue weighted by atomic mass is 10.2. The molecule has 7 nitrogen and oxygen atoms in total. The minimum atomic E-state index is -0.174. The van der Waals surface area contributed by atoms with Gasteiger partial charge in [-0.3, -0.25) is 9.59 Å². The molecule has 0 atom stereocenters. The fraction of sp³-hybridized carbons (Fsp3) is 0.238. The van der Waals surface area contributed by atoms with Crippen LogP contribution in [-0.4, -0.2) is 32.3 Å². The fourth-order valence-electron chi connectivity index (χ4n) is 2.77. The van der Waals surface area contributed by atoms with E-state index in [0.717, 1.165) is 5.56 Å². The highest BCUT2D eigenvalue weighted by Crippen LogP contribution is 2.22. The van der Waals surface area contributed by atoms with Gasteiger partial charge in [-0.2, -0.15) is 0 Å². The van der Waals surface area contributed by atoms with Crippen molar-refractivity contribution in [3.63, 3.8) is 0 Å². The number of hydrogen-bond donors (Lipinski definition) is 2. The molecule has 0 saturated heterocycles. The Balaban J connectivity index is 1.58. The zero-order chi connectivity index (χ0) is 21.5. The number of hydrogen-bond acceptors (Lipinski definition) is 5. The second kappa shape index (κ2) is 10.3. The van der Waals surface area contributed by atoms with Crippen LogP contribution in [0.15, 0.2) is 53.7 Å².